The fraction of sp³-hybridized carbons (Fsp3) is 0.136. The van der Waals surface area contributed by atoms with Gasteiger partial charge >= 0.3 is 5.92 Å². The number of aliphatic hydroxyl groups is 1. The quantitative estimate of drug-likeness (QED) is 0.145. The number of benzene rings is 2. The number of hydrogen-bond acceptors (Lipinski definition) is 7. The molecule has 0 aliphatic heterocycles. The first-order chi connectivity index (χ1) is 16.5. The van der Waals surface area contributed by atoms with Crippen molar-refractivity contribution in [3.63, 3.8) is 0 Å². The number of ether oxygens (including phenoxy) is 1. The second-order valence-corrected chi connectivity index (χ2v) is 7.23. The predicted molar refractivity (Wildman–Crippen MR) is 113 cm³/mol. The van der Waals surface area contributed by atoms with Crippen LogP contribution in [-0.4, -0.2) is 28.0 Å². The normalized spacial score (nSPS) is 13.3. The van der Waals surface area contributed by atoms with Gasteiger partial charge in [0.2, 0.25) is 0 Å². The monoisotopic (exact) mass is 492 g/mol. The van der Waals surface area contributed by atoms with E-state index in [4.69, 9.17) is 21.7 Å². The summed E-state index contributed by atoms with van der Waals surface area (Å²) >= 11 is 0. The summed E-state index contributed by atoms with van der Waals surface area (Å²) in [5.74, 6) is 2.73. The van der Waals surface area contributed by atoms with Gasteiger partial charge in [0.25, 0.3) is 0 Å². The van der Waals surface area contributed by atoms with Crippen LogP contribution in [0.25, 0.3) is 0 Å². The zero-order valence-electron chi connectivity index (χ0n) is 17.7. The van der Waals surface area contributed by atoms with Crippen molar-refractivity contribution in [2.45, 2.75) is 11.5 Å². The summed E-state index contributed by atoms with van der Waals surface area (Å²) < 4.78 is 78.2. The van der Waals surface area contributed by atoms with Crippen LogP contribution in [-0.2, 0) is 11.5 Å². The first kappa shape index (κ1) is 25.3. The van der Waals surface area contributed by atoms with Crippen LogP contribution in [0.3, 0.4) is 0 Å². The Hall–Kier alpha value is -4.28. The van der Waals surface area contributed by atoms with Crippen LogP contribution in [0.15, 0.2) is 59.8 Å². The van der Waals surface area contributed by atoms with Crippen molar-refractivity contribution >= 4 is 6.34 Å². The standard InChI is InChI=1S/C22H17F5N6O2/c23-14-2-5-17(19(25)7-14)21(34,11-33(30)12-32-29)22(26,27)20-6-4-16(10-31-20)35-15-3-1-13(9-28)18(24)8-15/h1-8,10,12,34H,11,29-30H2/b32-12-. The summed E-state index contributed by atoms with van der Waals surface area (Å²) in [6.45, 7) is -1.12. The number of nitriles is 1. The van der Waals surface area contributed by atoms with E-state index in [0.717, 1.165) is 24.4 Å². The molecule has 5 N–H and O–H groups in total. The third-order valence-corrected chi connectivity index (χ3v) is 4.88. The van der Waals surface area contributed by atoms with Crippen molar-refractivity contribution in [1.82, 2.24) is 9.99 Å². The third-order valence-electron chi connectivity index (χ3n) is 4.88. The first-order valence-corrected chi connectivity index (χ1v) is 9.66. The topological polar surface area (TPSA) is 134 Å². The van der Waals surface area contributed by atoms with E-state index in [2.05, 4.69) is 10.1 Å². The number of hydrazone groups is 1. The summed E-state index contributed by atoms with van der Waals surface area (Å²) in [6.07, 6.45) is 1.58. The van der Waals surface area contributed by atoms with Crippen LogP contribution < -0.4 is 16.4 Å². The maximum absolute atomic E-state index is 15.6. The number of hydrogen-bond donors (Lipinski definition) is 3. The van der Waals surface area contributed by atoms with Crippen LogP contribution in [0.2, 0.25) is 0 Å². The molecule has 0 fully saturated rings. The van der Waals surface area contributed by atoms with E-state index in [1.165, 1.54) is 12.1 Å². The van der Waals surface area contributed by atoms with E-state index in [0.29, 0.717) is 29.5 Å². The van der Waals surface area contributed by atoms with E-state index in [-0.39, 0.29) is 17.1 Å². The van der Waals surface area contributed by atoms with E-state index < -0.39 is 46.8 Å². The van der Waals surface area contributed by atoms with E-state index in [1.54, 1.807) is 6.07 Å². The number of hydrazine groups is 1. The molecular formula is C22H17F5N6O2. The first-order valence-electron chi connectivity index (χ1n) is 9.66. The number of pyridine rings is 1. The second-order valence-electron chi connectivity index (χ2n) is 7.23. The van der Waals surface area contributed by atoms with Gasteiger partial charge in [0.15, 0.2) is 5.60 Å². The Morgan fingerprint density at radius 3 is 2.37 bits per heavy atom. The molecule has 13 heteroatoms. The van der Waals surface area contributed by atoms with Gasteiger partial charge in [-0.2, -0.15) is 19.1 Å². The van der Waals surface area contributed by atoms with Crippen molar-refractivity contribution in [3.05, 3.63) is 89.0 Å². The predicted octanol–water partition coefficient (Wildman–Crippen LogP) is 3.22. The zero-order valence-corrected chi connectivity index (χ0v) is 17.7. The molecule has 3 rings (SSSR count). The molecule has 35 heavy (non-hydrogen) atoms. The van der Waals surface area contributed by atoms with Gasteiger partial charge in [0.1, 0.15) is 47.1 Å². The highest BCUT2D eigenvalue weighted by atomic mass is 19.3. The molecule has 0 radical (unpaired) electrons. The summed E-state index contributed by atoms with van der Waals surface area (Å²) in [6, 6.07) is 8.54. The largest absolute Gasteiger partial charge is 0.456 e. The molecule has 182 valence electrons. The number of rotatable bonds is 8. The highest BCUT2D eigenvalue weighted by Crippen LogP contribution is 2.46. The van der Waals surface area contributed by atoms with Crippen LogP contribution >= 0.6 is 0 Å². The molecule has 8 nitrogen and oxygen atoms in total. The fourth-order valence-electron chi connectivity index (χ4n) is 3.19. The lowest BCUT2D eigenvalue weighted by Crippen LogP contribution is -2.53. The summed E-state index contributed by atoms with van der Waals surface area (Å²) in [4.78, 5) is 3.60. The number of halogens is 5. The lowest BCUT2D eigenvalue weighted by Gasteiger charge is -2.37. The van der Waals surface area contributed by atoms with Gasteiger partial charge in [0.05, 0.1) is 18.3 Å². The molecule has 0 saturated heterocycles. The van der Waals surface area contributed by atoms with E-state index in [1.807, 2.05) is 0 Å². The van der Waals surface area contributed by atoms with E-state index >= 15 is 8.78 Å². The van der Waals surface area contributed by atoms with Gasteiger partial charge in [0, 0.05) is 17.7 Å². The number of nitrogens with two attached hydrogens (primary N) is 2. The molecule has 1 unspecified atom stereocenters. The molecule has 0 aliphatic carbocycles. The Bertz CT molecular complexity index is 1280. The SMILES string of the molecule is N#Cc1ccc(Oc2ccc(C(F)(F)C(O)(CN(N)/C=N\N)c3ccc(F)cc3F)nc2)cc1F. The molecule has 0 spiro atoms. The fourth-order valence-corrected chi connectivity index (χ4v) is 3.19. The van der Waals surface area contributed by atoms with Crippen LogP contribution in [0.5, 0.6) is 11.5 Å². The lowest BCUT2D eigenvalue weighted by molar-refractivity contribution is -0.203. The number of alkyl halides is 2. The van der Waals surface area contributed by atoms with Gasteiger partial charge in [-0.15, -0.1) is 0 Å². The molecule has 1 atom stereocenters. The van der Waals surface area contributed by atoms with Crippen molar-refractivity contribution in [2.75, 3.05) is 6.54 Å². The maximum atomic E-state index is 15.6. The molecule has 0 bridgehead atoms. The number of nitrogens with zero attached hydrogens (tertiary/aromatic N) is 4. The molecule has 0 aliphatic rings. The summed E-state index contributed by atoms with van der Waals surface area (Å²) in [5, 5.41) is 23.4. The highest BCUT2D eigenvalue weighted by molar-refractivity contribution is 5.53. The van der Waals surface area contributed by atoms with Crippen molar-refractivity contribution in [2.24, 2.45) is 16.8 Å². The van der Waals surface area contributed by atoms with Crippen molar-refractivity contribution in [1.29, 1.82) is 5.26 Å². The molecule has 3 aromatic rings. The summed E-state index contributed by atoms with van der Waals surface area (Å²) in [7, 11) is 0. The van der Waals surface area contributed by atoms with Gasteiger partial charge in [-0.05, 0) is 36.4 Å². The van der Waals surface area contributed by atoms with Crippen LogP contribution in [0.4, 0.5) is 22.0 Å². The molecule has 1 aromatic heterocycles. The number of aromatic nitrogens is 1. The molecule has 0 saturated carbocycles. The van der Waals surface area contributed by atoms with Crippen molar-refractivity contribution in [3.8, 4) is 17.6 Å². The van der Waals surface area contributed by atoms with Crippen LogP contribution in [0.1, 0.15) is 16.8 Å². The Morgan fingerprint density at radius 1 is 1.09 bits per heavy atom. The van der Waals surface area contributed by atoms with Gasteiger partial charge in [-0.25, -0.2) is 19.0 Å². The van der Waals surface area contributed by atoms with E-state index in [9.17, 15) is 18.3 Å². The third kappa shape index (κ3) is 5.13. The molecule has 1 heterocycles. The van der Waals surface area contributed by atoms with Crippen LogP contribution in [0, 0.1) is 28.8 Å². The minimum atomic E-state index is -4.29. The Kier molecular flexibility index (Phi) is 7.18. The average molecular weight is 492 g/mol. The Balaban J connectivity index is 1.98. The average Bonchev–Trinajstić information content (AvgIpc) is 2.79. The minimum absolute atomic E-state index is 0.0347. The smallest absolute Gasteiger partial charge is 0.323 e. The maximum Gasteiger partial charge on any atom is 0.323 e. The lowest BCUT2D eigenvalue weighted by atomic mass is 9.84. The van der Waals surface area contributed by atoms with Gasteiger partial charge in [-0.3, -0.25) is 9.99 Å². The Labute approximate surface area is 195 Å². The summed E-state index contributed by atoms with van der Waals surface area (Å²) in [5.41, 5.74) is -5.54. The molecular weight excluding hydrogens is 475 g/mol. The molecule has 2 aromatic carbocycles. The van der Waals surface area contributed by atoms with Crippen molar-refractivity contribution < 1.29 is 31.8 Å². The Morgan fingerprint density at radius 2 is 1.80 bits per heavy atom. The van der Waals surface area contributed by atoms with Gasteiger partial charge in [-0.1, -0.05) is 0 Å². The molecule has 0 amide bonds. The minimum Gasteiger partial charge on any atom is -0.456 e. The highest BCUT2D eigenvalue weighted by Gasteiger charge is 2.58. The zero-order chi connectivity index (χ0) is 25.8. The second kappa shape index (κ2) is 9.92. The van der Waals surface area contributed by atoms with Gasteiger partial charge < -0.3 is 15.7 Å².